The first kappa shape index (κ1) is 15.8. The number of methoxy groups -OCH3 is 1. The summed E-state index contributed by atoms with van der Waals surface area (Å²) < 4.78 is 52.3. The van der Waals surface area contributed by atoms with E-state index in [1.807, 2.05) is 0 Å². The Hall–Kier alpha value is -1.16. The lowest BCUT2D eigenvalue weighted by Gasteiger charge is -2.00. The smallest absolute Gasteiger partial charge is 0.261 e. The molecule has 1 aromatic carbocycles. The first-order valence-electron chi connectivity index (χ1n) is 4.13. The third-order valence-electron chi connectivity index (χ3n) is 1.39. The van der Waals surface area contributed by atoms with Crippen LogP contribution in [0, 0.1) is 0 Å². The summed E-state index contributed by atoms with van der Waals surface area (Å²) in [6, 6.07) is 5.88. The maximum absolute atomic E-state index is 10.8. The van der Waals surface area contributed by atoms with Crippen LogP contribution in [0.5, 0.6) is 5.75 Å². The average Bonchev–Trinajstić information content (AvgIpc) is 2.14. The molecule has 0 aliphatic heterocycles. The van der Waals surface area contributed by atoms with Crippen LogP contribution >= 0.6 is 0 Å². The number of nitrogens with two attached hydrogens (primary N) is 1. The fourth-order valence-corrected chi connectivity index (χ4v) is 1.28. The highest BCUT2D eigenvalue weighted by Crippen LogP contribution is 2.13. The number of primary sulfonamides is 1. The summed E-state index contributed by atoms with van der Waals surface area (Å²) in [6.07, 6.45) is 0.715. The highest BCUT2D eigenvalue weighted by Gasteiger charge is 2.05. The zero-order chi connectivity index (χ0) is 13.7. The molecule has 0 spiro atoms. The number of benzene rings is 1. The van der Waals surface area contributed by atoms with Gasteiger partial charge in [0.15, 0.2) is 0 Å². The van der Waals surface area contributed by atoms with Crippen molar-refractivity contribution < 1.29 is 26.1 Å². The quantitative estimate of drug-likeness (QED) is 0.727. The van der Waals surface area contributed by atoms with E-state index in [1.165, 1.54) is 19.2 Å². The fraction of sp³-hybridized carbons (Fsp3) is 0.250. The SMILES string of the molecule is COc1ccc(S(N)(=O)=O)cc1.CS(=O)(=O)O. The Labute approximate surface area is 100 Å². The summed E-state index contributed by atoms with van der Waals surface area (Å²) in [5, 5.41) is 4.88. The lowest BCUT2D eigenvalue weighted by molar-refractivity contribution is 0.414. The first-order chi connectivity index (χ1) is 7.54. The van der Waals surface area contributed by atoms with E-state index in [9.17, 15) is 16.8 Å². The van der Waals surface area contributed by atoms with Gasteiger partial charge in [-0.25, -0.2) is 13.6 Å². The number of hydrogen-bond donors (Lipinski definition) is 2. The van der Waals surface area contributed by atoms with Crippen LogP contribution in [0.2, 0.25) is 0 Å². The van der Waals surface area contributed by atoms with Crippen LogP contribution in [-0.2, 0) is 20.1 Å². The topological polar surface area (TPSA) is 124 Å². The summed E-state index contributed by atoms with van der Waals surface area (Å²) in [5.74, 6) is 0.599. The molecular weight excluding hydrogens is 270 g/mol. The van der Waals surface area contributed by atoms with E-state index < -0.39 is 20.1 Å². The van der Waals surface area contributed by atoms with Gasteiger partial charge < -0.3 is 4.74 Å². The molecular formula is C8H13NO6S2. The van der Waals surface area contributed by atoms with Crippen LogP contribution < -0.4 is 9.88 Å². The van der Waals surface area contributed by atoms with Crippen LogP contribution in [0.25, 0.3) is 0 Å². The van der Waals surface area contributed by atoms with Crippen LogP contribution in [0.3, 0.4) is 0 Å². The van der Waals surface area contributed by atoms with Gasteiger partial charge in [0, 0.05) is 0 Å². The Bertz CT molecular complexity index is 538. The van der Waals surface area contributed by atoms with Gasteiger partial charge in [0.2, 0.25) is 10.0 Å². The number of ether oxygens (including phenoxy) is 1. The molecule has 0 fully saturated rings. The Morgan fingerprint density at radius 2 is 1.47 bits per heavy atom. The first-order valence-corrected chi connectivity index (χ1v) is 7.53. The van der Waals surface area contributed by atoms with E-state index in [1.54, 1.807) is 12.1 Å². The van der Waals surface area contributed by atoms with Crippen LogP contribution in [0.15, 0.2) is 29.2 Å². The van der Waals surface area contributed by atoms with E-state index >= 15 is 0 Å². The number of sulfonamides is 1. The van der Waals surface area contributed by atoms with Crippen molar-refractivity contribution in [3.63, 3.8) is 0 Å². The van der Waals surface area contributed by atoms with Gasteiger partial charge in [-0.1, -0.05) is 0 Å². The van der Waals surface area contributed by atoms with Crippen molar-refractivity contribution in [2.45, 2.75) is 4.90 Å². The van der Waals surface area contributed by atoms with Gasteiger partial charge in [-0.3, -0.25) is 4.55 Å². The minimum absolute atomic E-state index is 0.0864. The monoisotopic (exact) mass is 283 g/mol. The van der Waals surface area contributed by atoms with E-state index in [-0.39, 0.29) is 4.90 Å². The molecule has 0 heterocycles. The summed E-state index contributed by atoms with van der Waals surface area (Å²) in [7, 11) is -5.74. The Balaban J connectivity index is 0.000000437. The van der Waals surface area contributed by atoms with Crippen molar-refractivity contribution in [3.8, 4) is 5.75 Å². The number of rotatable bonds is 2. The van der Waals surface area contributed by atoms with Crippen molar-refractivity contribution >= 4 is 20.1 Å². The van der Waals surface area contributed by atoms with E-state index in [4.69, 9.17) is 14.4 Å². The molecule has 1 rings (SSSR count). The van der Waals surface area contributed by atoms with Crippen molar-refractivity contribution in [1.82, 2.24) is 0 Å². The minimum atomic E-state index is -3.67. The second kappa shape index (κ2) is 5.96. The van der Waals surface area contributed by atoms with Crippen molar-refractivity contribution in [1.29, 1.82) is 0 Å². The summed E-state index contributed by atoms with van der Waals surface area (Å²) in [4.78, 5) is 0.0864. The molecule has 0 aromatic heterocycles. The maximum Gasteiger partial charge on any atom is 0.261 e. The second-order valence-electron chi connectivity index (χ2n) is 2.95. The molecule has 0 amide bonds. The molecule has 0 bridgehead atoms. The van der Waals surface area contributed by atoms with E-state index in [0.29, 0.717) is 12.0 Å². The van der Waals surface area contributed by atoms with Gasteiger partial charge in [0.1, 0.15) is 5.75 Å². The predicted octanol–water partition coefficient (Wildman–Crippen LogP) is -0.153. The van der Waals surface area contributed by atoms with Crippen molar-refractivity contribution in [2.24, 2.45) is 5.14 Å². The summed E-state index contributed by atoms with van der Waals surface area (Å²) in [6.45, 7) is 0. The molecule has 3 N–H and O–H groups in total. The lowest BCUT2D eigenvalue weighted by atomic mass is 10.3. The van der Waals surface area contributed by atoms with Gasteiger partial charge in [-0.2, -0.15) is 8.42 Å². The van der Waals surface area contributed by atoms with Crippen LogP contribution in [0.1, 0.15) is 0 Å². The van der Waals surface area contributed by atoms with Crippen LogP contribution in [0.4, 0.5) is 0 Å². The lowest BCUT2D eigenvalue weighted by Crippen LogP contribution is -2.11. The van der Waals surface area contributed by atoms with E-state index in [0.717, 1.165) is 0 Å². The molecule has 1 aromatic rings. The zero-order valence-electron chi connectivity index (χ0n) is 9.19. The molecule has 0 saturated heterocycles. The predicted molar refractivity (Wildman–Crippen MR) is 61.8 cm³/mol. The zero-order valence-corrected chi connectivity index (χ0v) is 10.8. The number of hydrogen-bond acceptors (Lipinski definition) is 5. The van der Waals surface area contributed by atoms with Gasteiger partial charge in [-0.15, -0.1) is 0 Å². The third-order valence-corrected chi connectivity index (χ3v) is 2.32. The molecule has 98 valence electrons. The Morgan fingerprint density at radius 1 is 1.12 bits per heavy atom. The highest BCUT2D eigenvalue weighted by molar-refractivity contribution is 7.89. The Kier molecular flexibility index (Phi) is 5.55. The third kappa shape index (κ3) is 8.63. The molecule has 0 saturated carbocycles. The summed E-state index contributed by atoms with van der Waals surface area (Å²) >= 11 is 0. The van der Waals surface area contributed by atoms with Gasteiger partial charge in [0.25, 0.3) is 10.1 Å². The molecule has 0 aliphatic carbocycles. The standard InChI is InChI=1S/C7H9NO3S.CH4O3S/c1-11-6-2-4-7(5-3-6)12(8,9)10;1-5(2,3)4/h2-5H,1H3,(H2,8,9,10);1H3,(H,2,3,4). The largest absolute Gasteiger partial charge is 0.497 e. The van der Waals surface area contributed by atoms with Crippen molar-refractivity contribution in [3.05, 3.63) is 24.3 Å². The molecule has 17 heavy (non-hydrogen) atoms. The summed E-state index contributed by atoms with van der Waals surface area (Å²) in [5.41, 5.74) is 0. The normalized spacial score (nSPS) is 11.3. The molecule has 0 aliphatic rings. The second-order valence-corrected chi connectivity index (χ2v) is 5.98. The van der Waals surface area contributed by atoms with Gasteiger partial charge >= 0.3 is 0 Å². The minimum Gasteiger partial charge on any atom is -0.497 e. The molecule has 0 unspecified atom stereocenters. The average molecular weight is 283 g/mol. The molecule has 9 heteroatoms. The van der Waals surface area contributed by atoms with Gasteiger partial charge in [-0.05, 0) is 24.3 Å². The molecule has 0 atom stereocenters. The van der Waals surface area contributed by atoms with Crippen LogP contribution in [-0.4, -0.2) is 34.8 Å². The van der Waals surface area contributed by atoms with Gasteiger partial charge in [0.05, 0.1) is 18.3 Å². The van der Waals surface area contributed by atoms with Crippen molar-refractivity contribution in [2.75, 3.05) is 13.4 Å². The fourth-order valence-electron chi connectivity index (χ4n) is 0.765. The Morgan fingerprint density at radius 3 is 1.71 bits per heavy atom. The highest BCUT2D eigenvalue weighted by atomic mass is 32.2. The maximum atomic E-state index is 10.8. The molecule has 7 nitrogen and oxygen atoms in total. The molecule has 0 radical (unpaired) electrons. The van der Waals surface area contributed by atoms with E-state index in [2.05, 4.69) is 0 Å².